The number of pyridine rings is 1. The van der Waals surface area contributed by atoms with Crippen LogP contribution in [0.25, 0.3) is 0 Å². The average Bonchev–Trinajstić information content (AvgIpc) is 3.10. The SMILES string of the molecule is CCCNc1cc([N+](=O)[O-])cc(NC2CC2)n1. The van der Waals surface area contributed by atoms with E-state index < -0.39 is 4.92 Å². The van der Waals surface area contributed by atoms with Gasteiger partial charge in [-0.05, 0) is 19.3 Å². The van der Waals surface area contributed by atoms with Gasteiger partial charge in [-0.15, -0.1) is 0 Å². The van der Waals surface area contributed by atoms with Crippen molar-refractivity contribution in [1.29, 1.82) is 0 Å². The second kappa shape index (κ2) is 4.99. The molecule has 2 rings (SSSR count). The molecular formula is C11H16N4O2. The summed E-state index contributed by atoms with van der Waals surface area (Å²) >= 11 is 0. The largest absolute Gasteiger partial charge is 0.370 e. The summed E-state index contributed by atoms with van der Waals surface area (Å²) in [6, 6.07) is 3.38. The van der Waals surface area contributed by atoms with Gasteiger partial charge in [-0.3, -0.25) is 10.1 Å². The first kappa shape index (κ1) is 11.6. The Balaban J connectivity index is 2.17. The summed E-state index contributed by atoms with van der Waals surface area (Å²) in [5, 5.41) is 17.0. The molecule has 0 radical (unpaired) electrons. The maximum Gasteiger partial charge on any atom is 0.276 e. The monoisotopic (exact) mass is 236 g/mol. The normalized spacial score (nSPS) is 14.4. The molecule has 0 amide bonds. The lowest BCUT2D eigenvalue weighted by Crippen LogP contribution is -2.07. The highest BCUT2D eigenvalue weighted by Crippen LogP contribution is 2.27. The Morgan fingerprint density at radius 1 is 1.47 bits per heavy atom. The highest BCUT2D eigenvalue weighted by Gasteiger charge is 2.22. The Bertz CT molecular complexity index is 418. The van der Waals surface area contributed by atoms with E-state index >= 15 is 0 Å². The molecule has 0 atom stereocenters. The van der Waals surface area contributed by atoms with Crippen molar-refractivity contribution in [3.63, 3.8) is 0 Å². The van der Waals surface area contributed by atoms with E-state index in [0.29, 0.717) is 17.7 Å². The Kier molecular flexibility index (Phi) is 3.41. The molecule has 1 fully saturated rings. The number of rotatable bonds is 6. The van der Waals surface area contributed by atoms with Gasteiger partial charge in [-0.2, -0.15) is 0 Å². The van der Waals surface area contributed by atoms with Gasteiger partial charge in [0.2, 0.25) is 0 Å². The third kappa shape index (κ3) is 3.30. The van der Waals surface area contributed by atoms with Gasteiger partial charge >= 0.3 is 0 Å². The zero-order chi connectivity index (χ0) is 12.3. The van der Waals surface area contributed by atoms with Crippen molar-refractivity contribution in [2.24, 2.45) is 0 Å². The van der Waals surface area contributed by atoms with Crippen LogP contribution in [0.5, 0.6) is 0 Å². The molecule has 6 heteroatoms. The van der Waals surface area contributed by atoms with Gasteiger partial charge in [0, 0.05) is 12.6 Å². The van der Waals surface area contributed by atoms with Crippen LogP contribution in [0.1, 0.15) is 26.2 Å². The fourth-order valence-corrected chi connectivity index (χ4v) is 1.48. The maximum atomic E-state index is 10.8. The number of anilines is 2. The van der Waals surface area contributed by atoms with Crippen LogP contribution in [0.3, 0.4) is 0 Å². The lowest BCUT2D eigenvalue weighted by molar-refractivity contribution is -0.384. The first-order valence-corrected chi connectivity index (χ1v) is 5.86. The van der Waals surface area contributed by atoms with Gasteiger partial charge in [-0.25, -0.2) is 4.98 Å². The molecule has 1 saturated carbocycles. The number of nitrogens with one attached hydrogen (secondary N) is 2. The summed E-state index contributed by atoms with van der Waals surface area (Å²) in [5.74, 6) is 1.14. The summed E-state index contributed by atoms with van der Waals surface area (Å²) in [6.07, 6.45) is 3.18. The average molecular weight is 236 g/mol. The zero-order valence-corrected chi connectivity index (χ0v) is 9.77. The number of nitro groups is 1. The van der Waals surface area contributed by atoms with E-state index in [0.717, 1.165) is 25.8 Å². The van der Waals surface area contributed by atoms with Crippen LogP contribution in [-0.2, 0) is 0 Å². The van der Waals surface area contributed by atoms with E-state index in [1.807, 2.05) is 6.92 Å². The molecule has 1 aromatic rings. The van der Waals surface area contributed by atoms with Crippen LogP contribution in [0.15, 0.2) is 12.1 Å². The Morgan fingerprint density at radius 2 is 2.18 bits per heavy atom. The minimum atomic E-state index is -0.392. The van der Waals surface area contributed by atoms with Crippen molar-refractivity contribution in [3.05, 3.63) is 22.2 Å². The molecule has 2 N–H and O–H groups in total. The van der Waals surface area contributed by atoms with Gasteiger partial charge in [0.25, 0.3) is 5.69 Å². The van der Waals surface area contributed by atoms with E-state index in [2.05, 4.69) is 15.6 Å². The Hall–Kier alpha value is -1.85. The molecule has 1 aromatic heterocycles. The quantitative estimate of drug-likeness (QED) is 0.585. The lowest BCUT2D eigenvalue weighted by atomic mass is 10.3. The third-order valence-corrected chi connectivity index (χ3v) is 2.51. The van der Waals surface area contributed by atoms with Gasteiger partial charge in [0.15, 0.2) is 0 Å². The van der Waals surface area contributed by atoms with Crippen molar-refractivity contribution >= 4 is 17.3 Å². The van der Waals surface area contributed by atoms with Gasteiger partial charge < -0.3 is 10.6 Å². The van der Waals surface area contributed by atoms with Crippen LogP contribution in [-0.4, -0.2) is 22.5 Å². The molecule has 17 heavy (non-hydrogen) atoms. The van der Waals surface area contributed by atoms with Crippen LogP contribution < -0.4 is 10.6 Å². The molecule has 0 aliphatic heterocycles. The fraction of sp³-hybridized carbons (Fsp3) is 0.545. The molecule has 92 valence electrons. The van der Waals surface area contributed by atoms with Crippen LogP contribution in [0.4, 0.5) is 17.3 Å². The van der Waals surface area contributed by atoms with Crippen molar-refractivity contribution in [1.82, 2.24) is 4.98 Å². The molecule has 0 saturated heterocycles. The molecular weight excluding hydrogens is 220 g/mol. The van der Waals surface area contributed by atoms with Gasteiger partial charge in [-0.1, -0.05) is 6.92 Å². The predicted molar refractivity (Wildman–Crippen MR) is 66.3 cm³/mol. The molecule has 0 bridgehead atoms. The molecule has 6 nitrogen and oxygen atoms in total. The first-order valence-electron chi connectivity index (χ1n) is 5.86. The highest BCUT2D eigenvalue weighted by atomic mass is 16.6. The van der Waals surface area contributed by atoms with E-state index in [9.17, 15) is 10.1 Å². The van der Waals surface area contributed by atoms with Crippen molar-refractivity contribution in [2.45, 2.75) is 32.2 Å². The number of aromatic nitrogens is 1. The molecule has 0 aromatic carbocycles. The second-order valence-corrected chi connectivity index (χ2v) is 4.20. The minimum Gasteiger partial charge on any atom is -0.370 e. The fourth-order valence-electron chi connectivity index (χ4n) is 1.48. The molecule has 1 aliphatic rings. The number of hydrogen-bond acceptors (Lipinski definition) is 5. The second-order valence-electron chi connectivity index (χ2n) is 4.20. The zero-order valence-electron chi connectivity index (χ0n) is 9.77. The molecule has 1 aliphatic carbocycles. The lowest BCUT2D eigenvalue weighted by Gasteiger charge is -2.08. The van der Waals surface area contributed by atoms with E-state index in [1.54, 1.807) is 0 Å². The van der Waals surface area contributed by atoms with Crippen LogP contribution >= 0.6 is 0 Å². The van der Waals surface area contributed by atoms with E-state index in [1.165, 1.54) is 12.1 Å². The summed E-state index contributed by atoms with van der Waals surface area (Å²) < 4.78 is 0. The van der Waals surface area contributed by atoms with Crippen molar-refractivity contribution in [2.75, 3.05) is 17.2 Å². The highest BCUT2D eigenvalue weighted by molar-refractivity contribution is 5.55. The predicted octanol–water partition coefficient (Wildman–Crippen LogP) is 2.39. The molecule has 0 spiro atoms. The van der Waals surface area contributed by atoms with Crippen molar-refractivity contribution in [3.8, 4) is 0 Å². The van der Waals surface area contributed by atoms with E-state index in [-0.39, 0.29) is 5.69 Å². The Morgan fingerprint density at radius 3 is 2.76 bits per heavy atom. The first-order chi connectivity index (χ1) is 8.19. The minimum absolute atomic E-state index is 0.0711. The molecule has 1 heterocycles. The topological polar surface area (TPSA) is 80.1 Å². The Labute approximate surface area is 99.6 Å². The smallest absolute Gasteiger partial charge is 0.276 e. The summed E-state index contributed by atoms with van der Waals surface area (Å²) in [4.78, 5) is 14.7. The van der Waals surface area contributed by atoms with Crippen LogP contribution in [0, 0.1) is 10.1 Å². The standard InChI is InChI=1S/C11H16N4O2/c1-2-5-12-10-6-9(15(16)17)7-11(14-10)13-8-3-4-8/h6-8H,2-5H2,1H3,(H2,12,13,14). The van der Waals surface area contributed by atoms with Gasteiger partial charge in [0.05, 0.1) is 17.1 Å². The number of nitrogens with zero attached hydrogens (tertiary/aromatic N) is 2. The number of hydrogen-bond donors (Lipinski definition) is 2. The third-order valence-electron chi connectivity index (χ3n) is 2.51. The molecule has 0 unspecified atom stereocenters. The van der Waals surface area contributed by atoms with Crippen molar-refractivity contribution < 1.29 is 4.92 Å². The summed E-state index contributed by atoms with van der Waals surface area (Å²) in [6.45, 7) is 2.80. The summed E-state index contributed by atoms with van der Waals surface area (Å²) in [5.41, 5.74) is 0.0711. The van der Waals surface area contributed by atoms with Gasteiger partial charge in [0.1, 0.15) is 11.6 Å². The van der Waals surface area contributed by atoms with Crippen LogP contribution in [0.2, 0.25) is 0 Å². The summed E-state index contributed by atoms with van der Waals surface area (Å²) in [7, 11) is 0. The van der Waals surface area contributed by atoms with E-state index in [4.69, 9.17) is 0 Å². The maximum absolute atomic E-state index is 10.8.